The summed E-state index contributed by atoms with van der Waals surface area (Å²) in [7, 11) is 3.20. The largest absolute Gasteiger partial charge is 0.493 e. The minimum Gasteiger partial charge on any atom is -0.493 e. The van der Waals surface area contributed by atoms with Gasteiger partial charge in [-0.15, -0.1) is 0 Å². The Morgan fingerprint density at radius 2 is 1.84 bits per heavy atom. The molecule has 2 N–H and O–H groups in total. The van der Waals surface area contributed by atoms with Crippen molar-refractivity contribution in [2.24, 2.45) is 5.10 Å². The molecule has 0 radical (unpaired) electrons. The van der Waals surface area contributed by atoms with Gasteiger partial charge in [0.05, 0.1) is 19.9 Å². The van der Waals surface area contributed by atoms with Crippen LogP contribution in [0.4, 0.5) is 5.69 Å². The second-order valence-corrected chi connectivity index (χ2v) is 6.06. The lowest BCUT2D eigenvalue weighted by molar-refractivity contribution is 0.355. The molecule has 0 bridgehead atoms. The van der Waals surface area contributed by atoms with E-state index in [1.807, 2.05) is 50.2 Å². The average molecular weight is 378 g/mol. The molecule has 2 rings (SSSR count). The Bertz CT molecular complexity index is 809. The lowest BCUT2D eigenvalue weighted by Gasteiger charge is -2.12. The smallest absolute Gasteiger partial charge is 0.191 e. The first kappa shape index (κ1) is 19.0. The fourth-order valence-corrected chi connectivity index (χ4v) is 2.48. The van der Waals surface area contributed by atoms with Gasteiger partial charge in [-0.25, -0.2) is 0 Å². The molecule has 0 fully saturated rings. The Morgan fingerprint density at radius 3 is 2.52 bits per heavy atom. The van der Waals surface area contributed by atoms with Gasteiger partial charge in [-0.2, -0.15) is 5.10 Å². The fraction of sp³-hybridized carbons (Fsp3) is 0.222. The van der Waals surface area contributed by atoms with E-state index in [2.05, 4.69) is 15.8 Å². The number of nitrogens with one attached hydrogen (secondary N) is 2. The van der Waals surface area contributed by atoms with Gasteiger partial charge in [0.2, 0.25) is 0 Å². The maximum Gasteiger partial charge on any atom is 0.191 e. The topological polar surface area (TPSA) is 54.9 Å². The summed E-state index contributed by atoms with van der Waals surface area (Å²) in [5.41, 5.74) is 6.25. The number of anilines is 1. The van der Waals surface area contributed by atoms with E-state index in [-0.39, 0.29) is 0 Å². The molecule has 0 unspecified atom stereocenters. The van der Waals surface area contributed by atoms with Crippen LogP contribution < -0.4 is 20.2 Å². The van der Waals surface area contributed by atoms with Crippen molar-refractivity contribution in [3.63, 3.8) is 0 Å². The number of nitrogens with zero attached hydrogens (tertiary/aromatic N) is 1. The minimum atomic E-state index is 0.380. The van der Waals surface area contributed by atoms with Crippen LogP contribution in [0.2, 0.25) is 5.02 Å². The highest BCUT2D eigenvalue weighted by Crippen LogP contribution is 2.27. The molecule has 0 spiro atoms. The first-order valence-corrected chi connectivity index (χ1v) is 8.33. The number of halogens is 1. The van der Waals surface area contributed by atoms with Crippen LogP contribution in [-0.2, 0) is 0 Å². The third kappa shape index (κ3) is 4.84. The maximum absolute atomic E-state index is 6.10. The van der Waals surface area contributed by atoms with E-state index < -0.39 is 0 Å². The number of rotatable bonds is 5. The van der Waals surface area contributed by atoms with Crippen LogP contribution in [0.25, 0.3) is 0 Å². The van der Waals surface area contributed by atoms with Gasteiger partial charge < -0.3 is 14.8 Å². The molecular formula is C18H20ClN3O2S. The molecular weight excluding hydrogens is 358 g/mol. The first-order chi connectivity index (χ1) is 12.0. The Hall–Kier alpha value is -2.31. The van der Waals surface area contributed by atoms with Crippen molar-refractivity contribution in [1.29, 1.82) is 0 Å². The van der Waals surface area contributed by atoms with E-state index >= 15 is 0 Å². The monoisotopic (exact) mass is 377 g/mol. The van der Waals surface area contributed by atoms with Crippen molar-refractivity contribution in [3.8, 4) is 11.5 Å². The van der Waals surface area contributed by atoms with Crippen LogP contribution in [0.3, 0.4) is 0 Å². The van der Waals surface area contributed by atoms with E-state index in [4.69, 9.17) is 33.3 Å². The van der Waals surface area contributed by atoms with E-state index in [1.54, 1.807) is 14.2 Å². The number of thiocarbonyl (C=S) groups is 1. The summed E-state index contributed by atoms with van der Waals surface area (Å²) >= 11 is 11.4. The molecule has 0 atom stereocenters. The van der Waals surface area contributed by atoms with Gasteiger partial charge in [-0.1, -0.05) is 17.7 Å². The van der Waals surface area contributed by atoms with Crippen LogP contribution in [0.1, 0.15) is 18.1 Å². The molecule has 0 saturated heterocycles. The fourth-order valence-electron chi connectivity index (χ4n) is 2.15. The predicted molar refractivity (Wildman–Crippen MR) is 107 cm³/mol. The Balaban J connectivity index is 2.07. The van der Waals surface area contributed by atoms with E-state index in [0.29, 0.717) is 21.6 Å². The van der Waals surface area contributed by atoms with Crippen molar-refractivity contribution >= 4 is 40.3 Å². The molecule has 5 nitrogen and oxygen atoms in total. The number of hydrogen-bond donors (Lipinski definition) is 2. The van der Waals surface area contributed by atoms with Crippen molar-refractivity contribution in [2.45, 2.75) is 13.8 Å². The van der Waals surface area contributed by atoms with E-state index in [1.165, 1.54) is 0 Å². The summed E-state index contributed by atoms with van der Waals surface area (Å²) in [4.78, 5) is 0. The van der Waals surface area contributed by atoms with Gasteiger partial charge in [0, 0.05) is 16.3 Å². The highest BCUT2D eigenvalue weighted by atomic mass is 35.5. The Morgan fingerprint density at radius 1 is 1.12 bits per heavy atom. The van der Waals surface area contributed by atoms with Crippen molar-refractivity contribution in [1.82, 2.24) is 5.43 Å². The number of methoxy groups -OCH3 is 2. The first-order valence-electron chi connectivity index (χ1n) is 7.55. The minimum absolute atomic E-state index is 0.380. The van der Waals surface area contributed by atoms with Gasteiger partial charge in [0.15, 0.2) is 16.6 Å². The van der Waals surface area contributed by atoms with Gasteiger partial charge in [0.1, 0.15) is 0 Å². The number of hydrazone groups is 1. The Labute approximate surface area is 158 Å². The summed E-state index contributed by atoms with van der Waals surface area (Å²) in [5, 5.41) is 8.45. The standard InChI is InChI=1S/C18H20ClN3O2S/c1-11-14(19)6-5-7-15(11)20-18(25)22-21-12(2)13-8-9-16(23-3)17(10-13)24-4/h5-10H,1-4H3,(H2,20,22,25)/b21-12-. The molecule has 0 aliphatic heterocycles. The molecule has 0 aliphatic rings. The van der Waals surface area contributed by atoms with Crippen LogP contribution in [-0.4, -0.2) is 25.0 Å². The normalized spacial score (nSPS) is 11.0. The molecule has 2 aromatic carbocycles. The lowest BCUT2D eigenvalue weighted by Crippen LogP contribution is -2.25. The molecule has 0 aliphatic carbocycles. The summed E-state index contributed by atoms with van der Waals surface area (Å²) in [6, 6.07) is 11.2. The van der Waals surface area contributed by atoms with Crippen molar-refractivity contribution in [3.05, 3.63) is 52.5 Å². The van der Waals surface area contributed by atoms with Gasteiger partial charge in [-0.05, 0) is 62.0 Å². The highest BCUT2D eigenvalue weighted by molar-refractivity contribution is 7.80. The summed E-state index contributed by atoms with van der Waals surface area (Å²) in [6.45, 7) is 3.80. The SMILES string of the molecule is COc1ccc(/C(C)=N\NC(=S)Nc2cccc(Cl)c2C)cc1OC. The number of hydrogen-bond acceptors (Lipinski definition) is 4. The Kier molecular flexibility index (Phi) is 6.61. The number of benzene rings is 2. The summed E-state index contributed by atoms with van der Waals surface area (Å²) in [5.74, 6) is 1.31. The zero-order chi connectivity index (χ0) is 18.4. The lowest BCUT2D eigenvalue weighted by atomic mass is 10.1. The van der Waals surface area contributed by atoms with E-state index in [9.17, 15) is 0 Å². The molecule has 0 heterocycles. The van der Waals surface area contributed by atoms with Crippen molar-refractivity contribution < 1.29 is 9.47 Å². The van der Waals surface area contributed by atoms with Gasteiger partial charge in [-0.3, -0.25) is 5.43 Å². The average Bonchev–Trinajstić information content (AvgIpc) is 2.62. The zero-order valence-electron chi connectivity index (χ0n) is 14.5. The van der Waals surface area contributed by atoms with Gasteiger partial charge in [0.25, 0.3) is 0 Å². The van der Waals surface area contributed by atoms with E-state index in [0.717, 1.165) is 22.5 Å². The zero-order valence-corrected chi connectivity index (χ0v) is 16.1. The maximum atomic E-state index is 6.10. The predicted octanol–water partition coefficient (Wildman–Crippen LogP) is 4.38. The quantitative estimate of drug-likeness (QED) is 0.460. The van der Waals surface area contributed by atoms with Gasteiger partial charge >= 0.3 is 0 Å². The molecule has 0 amide bonds. The second kappa shape index (κ2) is 8.69. The third-order valence-corrected chi connectivity index (χ3v) is 4.25. The number of ether oxygens (including phenoxy) is 2. The third-order valence-electron chi connectivity index (χ3n) is 3.64. The van der Waals surface area contributed by atoms with Crippen LogP contribution in [0.5, 0.6) is 11.5 Å². The molecule has 0 aromatic heterocycles. The summed E-state index contributed by atoms with van der Waals surface area (Å²) < 4.78 is 10.5. The summed E-state index contributed by atoms with van der Waals surface area (Å²) in [6.07, 6.45) is 0. The molecule has 132 valence electrons. The second-order valence-electron chi connectivity index (χ2n) is 5.25. The highest BCUT2D eigenvalue weighted by Gasteiger charge is 2.07. The van der Waals surface area contributed by atoms with Crippen LogP contribution in [0, 0.1) is 6.92 Å². The van der Waals surface area contributed by atoms with Crippen LogP contribution >= 0.6 is 23.8 Å². The molecule has 0 saturated carbocycles. The molecule has 2 aromatic rings. The van der Waals surface area contributed by atoms with Crippen LogP contribution in [0.15, 0.2) is 41.5 Å². The molecule has 7 heteroatoms. The van der Waals surface area contributed by atoms with Crippen molar-refractivity contribution in [2.75, 3.05) is 19.5 Å². The molecule has 25 heavy (non-hydrogen) atoms.